The highest BCUT2D eigenvalue weighted by atomic mass is 16.5. The zero-order chi connectivity index (χ0) is 13.8. The molecule has 0 spiro atoms. The molecule has 18 heavy (non-hydrogen) atoms. The Balaban J connectivity index is 2.45. The summed E-state index contributed by atoms with van der Waals surface area (Å²) in [6, 6.07) is 0.474. The van der Waals surface area contributed by atoms with Crippen molar-refractivity contribution in [1.29, 1.82) is 0 Å². The topological polar surface area (TPSA) is 41.5 Å². The maximum atomic E-state index is 10.2. The average molecular weight is 257 g/mol. The van der Waals surface area contributed by atoms with Crippen molar-refractivity contribution in [3.8, 4) is 0 Å². The molecule has 1 aliphatic rings. The van der Waals surface area contributed by atoms with Gasteiger partial charge in [-0.3, -0.25) is 0 Å². The Bertz CT molecular complexity index is 255. The molecule has 0 aromatic heterocycles. The van der Waals surface area contributed by atoms with Gasteiger partial charge in [0.1, 0.15) is 0 Å². The molecule has 0 radical (unpaired) electrons. The maximum absolute atomic E-state index is 10.2. The molecular formula is C15H31NO2. The molecule has 3 heteroatoms. The molecule has 2 N–H and O–H groups in total. The molecule has 0 saturated heterocycles. The van der Waals surface area contributed by atoms with Gasteiger partial charge in [0.25, 0.3) is 0 Å². The van der Waals surface area contributed by atoms with Crippen LogP contribution < -0.4 is 5.32 Å². The van der Waals surface area contributed by atoms with Crippen LogP contribution >= 0.6 is 0 Å². The van der Waals surface area contributed by atoms with Gasteiger partial charge in [0.15, 0.2) is 0 Å². The molecule has 0 aromatic carbocycles. The van der Waals surface area contributed by atoms with Gasteiger partial charge in [-0.25, -0.2) is 0 Å². The van der Waals surface area contributed by atoms with Crippen molar-refractivity contribution in [3.05, 3.63) is 0 Å². The first-order valence-electron chi connectivity index (χ1n) is 7.47. The average Bonchev–Trinajstić information content (AvgIpc) is 2.31. The van der Waals surface area contributed by atoms with Crippen LogP contribution in [0.2, 0.25) is 0 Å². The van der Waals surface area contributed by atoms with Gasteiger partial charge in [-0.05, 0) is 33.1 Å². The summed E-state index contributed by atoms with van der Waals surface area (Å²) in [5.41, 5.74) is -0.363. The van der Waals surface area contributed by atoms with E-state index in [4.69, 9.17) is 4.74 Å². The Morgan fingerprint density at radius 1 is 1.39 bits per heavy atom. The third kappa shape index (κ3) is 3.46. The number of ether oxygens (including phenoxy) is 1. The van der Waals surface area contributed by atoms with Crippen molar-refractivity contribution >= 4 is 0 Å². The van der Waals surface area contributed by atoms with Gasteiger partial charge in [0.05, 0.1) is 11.7 Å². The Labute approximate surface area is 112 Å². The minimum Gasteiger partial charge on any atom is -0.389 e. The standard InChI is InChI=1S/C15H31NO2/c1-6-9-14(4,17)11-16-12-10-13(18-8-3)15(12,5)7-2/h12-13,16-17H,6-11H2,1-5H3. The Kier molecular flexibility index (Phi) is 5.63. The quantitative estimate of drug-likeness (QED) is 0.702. The number of hydrogen-bond acceptors (Lipinski definition) is 3. The van der Waals surface area contributed by atoms with Crippen molar-refractivity contribution < 1.29 is 9.84 Å². The molecule has 0 bridgehead atoms. The van der Waals surface area contributed by atoms with Gasteiger partial charge in [-0.1, -0.05) is 27.2 Å². The first-order valence-corrected chi connectivity index (χ1v) is 7.47. The minimum absolute atomic E-state index is 0.221. The summed E-state index contributed by atoms with van der Waals surface area (Å²) in [4.78, 5) is 0. The van der Waals surface area contributed by atoms with Crippen LogP contribution in [0.4, 0.5) is 0 Å². The first-order chi connectivity index (χ1) is 8.39. The van der Waals surface area contributed by atoms with Gasteiger partial charge in [-0.15, -0.1) is 0 Å². The summed E-state index contributed by atoms with van der Waals surface area (Å²) >= 11 is 0. The second-order valence-electron chi connectivity index (χ2n) is 6.22. The number of nitrogens with one attached hydrogen (secondary N) is 1. The lowest BCUT2D eigenvalue weighted by molar-refractivity contribution is -0.129. The van der Waals surface area contributed by atoms with Gasteiger partial charge in [0, 0.05) is 24.6 Å². The summed E-state index contributed by atoms with van der Waals surface area (Å²) in [5.74, 6) is 0. The highest BCUT2D eigenvalue weighted by Crippen LogP contribution is 2.45. The molecule has 4 atom stereocenters. The number of aliphatic hydroxyl groups is 1. The van der Waals surface area contributed by atoms with E-state index in [1.807, 2.05) is 6.92 Å². The largest absolute Gasteiger partial charge is 0.389 e. The van der Waals surface area contributed by atoms with E-state index in [1.165, 1.54) is 0 Å². The normalized spacial score (nSPS) is 35.0. The first kappa shape index (κ1) is 15.9. The molecule has 3 nitrogen and oxygen atoms in total. The predicted octanol–water partition coefficient (Wildman–Crippen LogP) is 2.72. The van der Waals surface area contributed by atoms with Crippen molar-refractivity contribution in [1.82, 2.24) is 5.32 Å². The van der Waals surface area contributed by atoms with Crippen LogP contribution in [0.3, 0.4) is 0 Å². The molecule has 4 unspecified atom stereocenters. The van der Waals surface area contributed by atoms with E-state index in [9.17, 15) is 5.11 Å². The van der Waals surface area contributed by atoms with Gasteiger partial charge in [-0.2, -0.15) is 0 Å². The smallest absolute Gasteiger partial charge is 0.0743 e. The van der Waals surface area contributed by atoms with Crippen LogP contribution in [0, 0.1) is 5.41 Å². The molecule has 108 valence electrons. The Morgan fingerprint density at radius 3 is 2.56 bits per heavy atom. The van der Waals surface area contributed by atoms with Gasteiger partial charge in [0.2, 0.25) is 0 Å². The minimum atomic E-state index is -0.583. The van der Waals surface area contributed by atoms with E-state index < -0.39 is 5.60 Å². The summed E-state index contributed by atoms with van der Waals surface area (Å²) in [5, 5.41) is 13.7. The van der Waals surface area contributed by atoms with Crippen molar-refractivity contribution in [2.24, 2.45) is 5.41 Å². The van der Waals surface area contributed by atoms with Crippen molar-refractivity contribution in [2.45, 2.75) is 78.0 Å². The fourth-order valence-corrected chi connectivity index (χ4v) is 3.04. The van der Waals surface area contributed by atoms with E-state index >= 15 is 0 Å². The fraction of sp³-hybridized carbons (Fsp3) is 1.00. The molecule has 1 fully saturated rings. The molecule has 1 rings (SSSR count). The second-order valence-corrected chi connectivity index (χ2v) is 6.22. The number of rotatable bonds is 8. The molecule has 0 aromatic rings. The van der Waals surface area contributed by atoms with Gasteiger partial charge < -0.3 is 15.2 Å². The maximum Gasteiger partial charge on any atom is 0.0743 e. The lowest BCUT2D eigenvalue weighted by Gasteiger charge is -2.54. The Hall–Kier alpha value is -0.120. The summed E-state index contributed by atoms with van der Waals surface area (Å²) < 4.78 is 5.79. The highest BCUT2D eigenvalue weighted by Gasteiger charge is 2.51. The van der Waals surface area contributed by atoms with Crippen LogP contribution in [-0.4, -0.2) is 36.0 Å². The third-order valence-corrected chi connectivity index (χ3v) is 4.63. The second kappa shape index (κ2) is 6.36. The van der Waals surface area contributed by atoms with Crippen LogP contribution in [-0.2, 0) is 4.74 Å². The third-order valence-electron chi connectivity index (χ3n) is 4.63. The van der Waals surface area contributed by atoms with Crippen LogP contribution in [0.1, 0.15) is 60.3 Å². The number of hydrogen-bond donors (Lipinski definition) is 2. The summed E-state index contributed by atoms with van der Waals surface area (Å²) in [6.07, 6.45) is 4.43. The van der Waals surface area contributed by atoms with Crippen molar-refractivity contribution in [2.75, 3.05) is 13.2 Å². The SMILES string of the molecule is CCCC(C)(O)CNC1CC(OCC)C1(C)CC. The molecule has 1 aliphatic carbocycles. The summed E-state index contributed by atoms with van der Waals surface area (Å²) in [6.45, 7) is 12.1. The molecule has 0 heterocycles. The van der Waals surface area contributed by atoms with Crippen LogP contribution in [0.15, 0.2) is 0 Å². The predicted molar refractivity (Wildman–Crippen MR) is 75.8 cm³/mol. The van der Waals surface area contributed by atoms with Crippen molar-refractivity contribution in [3.63, 3.8) is 0 Å². The van der Waals surface area contributed by atoms with Gasteiger partial charge >= 0.3 is 0 Å². The zero-order valence-corrected chi connectivity index (χ0v) is 12.8. The van der Waals surface area contributed by atoms with E-state index in [0.29, 0.717) is 18.7 Å². The Morgan fingerprint density at radius 2 is 2.06 bits per heavy atom. The zero-order valence-electron chi connectivity index (χ0n) is 12.8. The van der Waals surface area contributed by atoms with E-state index in [0.717, 1.165) is 32.3 Å². The molecule has 0 aliphatic heterocycles. The molecule has 0 amide bonds. The summed E-state index contributed by atoms with van der Waals surface area (Å²) in [7, 11) is 0. The fourth-order valence-electron chi connectivity index (χ4n) is 3.04. The highest BCUT2D eigenvalue weighted by molar-refractivity contribution is 5.05. The lowest BCUT2D eigenvalue weighted by atomic mass is 9.61. The van der Waals surface area contributed by atoms with E-state index in [2.05, 4.69) is 33.0 Å². The lowest BCUT2D eigenvalue weighted by Crippen LogP contribution is -2.63. The molecule has 1 saturated carbocycles. The van der Waals surface area contributed by atoms with E-state index in [-0.39, 0.29) is 5.41 Å². The van der Waals surface area contributed by atoms with Crippen LogP contribution in [0.25, 0.3) is 0 Å². The van der Waals surface area contributed by atoms with E-state index in [1.54, 1.807) is 0 Å². The molecular weight excluding hydrogens is 226 g/mol. The van der Waals surface area contributed by atoms with Crippen LogP contribution in [0.5, 0.6) is 0 Å². The monoisotopic (exact) mass is 257 g/mol.